The van der Waals surface area contributed by atoms with Gasteiger partial charge >= 0.3 is 16.5 Å². The fraction of sp³-hybridized carbons (Fsp3) is 0.227. The van der Waals surface area contributed by atoms with E-state index in [0.29, 0.717) is 73.5 Å². The van der Waals surface area contributed by atoms with Gasteiger partial charge in [-0.3, -0.25) is 9.97 Å². The quantitative estimate of drug-likeness (QED) is 0.108. The van der Waals surface area contributed by atoms with Crippen LogP contribution in [0.5, 0.6) is 23.0 Å². The summed E-state index contributed by atoms with van der Waals surface area (Å²) in [5.74, 6) is 1.54. The first-order valence-electron chi connectivity index (χ1n) is 18.2. The van der Waals surface area contributed by atoms with Gasteiger partial charge in [0.1, 0.15) is 39.9 Å². The summed E-state index contributed by atoms with van der Waals surface area (Å²) < 4.78 is 37.3. The summed E-state index contributed by atoms with van der Waals surface area (Å²) in [5, 5.41) is 11.7. The Hall–Kier alpha value is -5.51. The summed E-state index contributed by atoms with van der Waals surface area (Å²) in [7, 11) is 5.82. The molecule has 0 spiro atoms. The van der Waals surface area contributed by atoms with E-state index in [9.17, 15) is 14.7 Å². The van der Waals surface area contributed by atoms with Gasteiger partial charge in [0.2, 0.25) is 0 Å². The molecule has 4 heterocycles. The minimum absolute atomic E-state index is 0.0602. The monoisotopic (exact) mass is 926 g/mol. The van der Waals surface area contributed by atoms with Crippen molar-refractivity contribution in [2.75, 3.05) is 28.4 Å². The van der Waals surface area contributed by atoms with E-state index in [0.717, 1.165) is 11.1 Å². The first-order valence-corrected chi connectivity index (χ1v) is 20.2. The lowest BCUT2D eigenvalue weighted by molar-refractivity contribution is 0.313. The van der Waals surface area contributed by atoms with Gasteiger partial charge in [0.25, 0.3) is 4.51 Å². The SMILES string of the molecule is CCc1cc(Cl)cc(OC)c1-c1c(O)c(C)c(-c2cccnc2)oc1=O.CCc1cc(Cl)cc(OC)c1-c1c(OC(=S)OC)c(C)c(-c2cccnc2)oc1=O.COC(=S)Cl. The predicted octanol–water partition coefficient (Wildman–Crippen LogP) is 11.0. The van der Waals surface area contributed by atoms with Crippen LogP contribution in [0.15, 0.2) is 91.7 Å². The number of thiocarbonyl (C=S) groups is 2. The molecule has 2 aromatic carbocycles. The first-order chi connectivity index (χ1) is 29.1. The maximum atomic E-state index is 13.2. The Kier molecular flexibility index (Phi) is 17.7. The van der Waals surface area contributed by atoms with E-state index in [-0.39, 0.29) is 38.1 Å². The topological polar surface area (TPSA) is 153 Å². The van der Waals surface area contributed by atoms with Crippen LogP contribution >= 0.6 is 59.2 Å². The fourth-order valence-electron chi connectivity index (χ4n) is 6.17. The molecule has 6 aromatic rings. The van der Waals surface area contributed by atoms with Gasteiger partial charge in [-0.25, -0.2) is 9.59 Å². The molecule has 6 rings (SSSR count). The standard InChI is InChI=1S/C22H20ClNO5S.C20H18ClNO4.C2H3ClOS/c1-5-13-9-15(23)10-16(26-3)17(13)18-20(29-22(30)27-4)12(2)19(28-21(18)25)14-7-6-8-24-11-14;1-4-12-8-14(21)9-15(25-3)16(12)17-18(23)11(2)19(26-20(17)24)13-6-5-7-22-10-13;1-4-2(3)5/h6-11H,5H2,1-4H3;5-10,23H,4H2,1-3H3;1H3. The van der Waals surface area contributed by atoms with Gasteiger partial charge < -0.3 is 37.6 Å². The lowest BCUT2D eigenvalue weighted by Crippen LogP contribution is -2.15. The van der Waals surface area contributed by atoms with Crippen LogP contribution in [0.3, 0.4) is 0 Å². The first kappa shape index (κ1) is 48.2. The number of hydrogen-bond acceptors (Lipinski definition) is 14. The Balaban J connectivity index is 0.000000244. The Morgan fingerprint density at radius 1 is 0.705 bits per heavy atom. The number of rotatable bonds is 9. The number of pyridine rings is 2. The Morgan fingerprint density at radius 2 is 1.15 bits per heavy atom. The Bertz CT molecular complexity index is 2590. The molecule has 61 heavy (non-hydrogen) atoms. The molecule has 0 fully saturated rings. The average molecular weight is 928 g/mol. The molecule has 0 amide bonds. The molecule has 0 aliphatic heterocycles. The lowest BCUT2D eigenvalue weighted by atomic mass is 9.95. The van der Waals surface area contributed by atoms with E-state index >= 15 is 0 Å². The molecule has 4 aromatic heterocycles. The summed E-state index contributed by atoms with van der Waals surface area (Å²) in [4.78, 5) is 34.1. The smallest absolute Gasteiger partial charge is 0.357 e. The van der Waals surface area contributed by atoms with Crippen molar-refractivity contribution in [3.05, 3.63) is 126 Å². The van der Waals surface area contributed by atoms with Crippen molar-refractivity contribution in [2.24, 2.45) is 0 Å². The number of aromatic nitrogens is 2. The molecular formula is C44H41Cl3N2O10S2. The van der Waals surface area contributed by atoms with Crippen LogP contribution in [0, 0.1) is 13.8 Å². The molecule has 0 bridgehead atoms. The van der Waals surface area contributed by atoms with Gasteiger partial charge in [0.05, 0.1) is 28.4 Å². The van der Waals surface area contributed by atoms with E-state index in [2.05, 4.69) is 26.9 Å². The van der Waals surface area contributed by atoms with Crippen LogP contribution in [0.2, 0.25) is 10.0 Å². The van der Waals surface area contributed by atoms with Crippen LogP contribution in [0.1, 0.15) is 36.1 Å². The largest absolute Gasteiger partial charge is 0.507 e. The van der Waals surface area contributed by atoms with Crippen LogP contribution in [0.25, 0.3) is 44.9 Å². The van der Waals surface area contributed by atoms with E-state index in [1.165, 1.54) is 28.4 Å². The van der Waals surface area contributed by atoms with Crippen molar-refractivity contribution < 1.29 is 37.6 Å². The zero-order valence-electron chi connectivity index (χ0n) is 34.3. The number of methoxy groups -OCH3 is 4. The molecule has 0 saturated heterocycles. The van der Waals surface area contributed by atoms with Crippen LogP contribution in [-0.4, -0.2) is 53.3 Å². The second-order valence-electron chi connectivity index (χ2n) is 12.6. The van der Waals surface area contributed by atoms with Gasteiger partial charge in [-0.15, -0.1) is 0 Å². The van der Waals surface area contributed by atoms with E-state index in [4.69, 9.17) is 74.8 Å². The van der Waals surface area contributed by atoms with Crippen molar-refractivity contribution in [2.45, 2.75) is 40.5 Å². The van der Waals surface area contributed by atoms with Gasteiger partial charge in [-0.2, -0.15) is 0 Å². The highest BCUT2D eigenvalue weighted by atomic mass is 35.5. The molecule has 0 aliphatic rings. The Morgan fingerprint density at radius 3 is 1.54 bits per heavy atom. The zero-order valence-corrected chi connectivity index (χ0v) is 38.2. The third-order valence-corrected chi connectivity index (χ3v) is 10.0. The molecule has 0 unspecified atom stereocenters. The zero-order chi connectivity index (χ0) is 45.0. The molecule has 320 valence electrons. The summed E-state index contributed by atoms with van der Waals surface area (Å²) >= 11 is 26.7. The summed E-state index contributed by atoms with van der Waals surface area (Å²) in [6, 6.07) is 13.8. The molecule has 0 radical (unpaired) electrons. The second kappa shape index (κ2) is 22.4. The molecule has 0 atom stereocenters. The summed E-state index contributed by atoms with van der Waals surface area (Å²) in [6.07, 6.45) is 7.64. The molecule has 1 N–H and O–H groups in total. The van der Waals surface area contributed by atoms with Crippen molar-refractivity contribution in [1.82, 2.24) is 9.97 Å². The van der Waals surface area contributed by atoms with Gasteiger partial charge in [0.15, 0.2) is 5.75 Å². The average Bonchev–Trinajstić information content (AvgIpc) is 3.27. The second-order valence-corrected chi connectivity index (χ2v) is 14.7. The van der Waals surface area contributed by atoms with Crippen LogP contribution < -0.4 is 25.5 Å². The van der Waals surface area contributed by atoms with E-state index < -0.39 is 11.3 Å². The number of nitrogens with zero attached hydrogens (tertiary/aromatic N) is 2. The lowest BCUT2D eigenvalue weighted by Gasteiger charge is -2.19. The van der Waals surface area contributed by atoms with Crippen molar-refractivity contribution in [3.63, 3.8) is 0 Å². The third-order valence-electron chi connectivity index (χ3n) is 9.00. The van der Waals surface area contributed by atoms with Crippen molar-refractivity contribution in [1.29, 1.82) is 0 Å². The number of aryl methyl sites for hydroxylation is 2. The van der Waals surface area contributed by atoms with Crippen LogP contribution in [0.4, 0.5) is 0 Å². The highest BCUT2D eigenvalue weighted by Gasteiger charge is 2.28. The van der Waals surface area contributed by atoms with Gasteiger partial charge in [-0.1, -0.05) is 37.0 Å². The third kappa shape index (κ3) is 11.5. The molecule has 0 saturated carbocycles. The Labute approximate surface area is 377 Å². The molecule has 12 nitrogen and oxygen atoms in total. The minimum Gasteiger partial charge on any atom is -0.507 e. The number of aromatic hydroxyl groups is 1. The maximum absolute atomic E-state index is 13.2. The number of halogens is 3. The van der Waals surface area contributed by atoms with E-state index in [1.807, 2.05) is 13.8 Å². The highest BCUT2D eigenvalue weighted by Crippen LogP contribution is 2.44. The maximum Gasteiger partial charge on any atom is 0.357 e. The van der Waals surface area contributed by atoms with Crippen LogP contribution in [-0.2, 0) is 22.3 Å². The molecular weight excluding hydrogens is 887 g/mol. The summed E-state index contributed by atoms with van der Waals surface area (Å²) in [6.45, 7) is 7.35. The predicted molar refractivity (Wildman–Crippen MR) is 246 cm³/mol. The summed E-state index contributed by atoms with van der Waals surface area (Å²) in [5.41, 5.74) is 3.87. The van der Waals surface area contributed by atoms with Crippen molar-refractivity contribution >= 4 is 69.0 Å². The number of benzene rings is 2. The highest BCUT2D eigenvalue weighted by molar-refractivity contribution is 7.82. The fourth-order valence-corrected chi connectivity index (χ4v) is 6.71. The van der Waals surface area contributed by atoms with Gasteiger partial charge in [-0.05, 0) is 110 Å². The van der Waals surface area contributed by atoms with Gasteiger partial charge in [0, 0.05) is 80.4 Å². The van der Waals surface area contributed by atoms with E-state index in [1.54, 1.807) is 87.2 Å². The molecule has 0 aliphatic carbocycles. The minimum atomic E-state index is -0.651. The van der Waals surface area contributed by atoms with Crippen molar-refractivity contribution in [3.8, 4) is 67.9 Å². The number of hydrogen-bond donors (Lipinski definition) is 1. The normalized spacial score (nSPS) is 10.3. The molecule has 17 heteroatoms. The number of ether oxygens (including phenoxy) is 5.